The average Bonchev–Trinajstić information content (AvgIpc) is 2.47. The Hall–Kier alpha value is -0.610. The van der Waals surface area contributed by atoms with E-state index in [1.807, 2.05) is 6.92 Å². The number of hydrogen-bond donors (Lipinski definition) is 2. The van der Waals surface area contributed by atoms with Crippen molar-refractivity contribution in [2.24, 2.45) is 11.8 Å². The fourth-order valence-corrected chi connectivity index (χ4v) is 3.01. The summed E-state index contributed by atoms with van der Waals surface area (Å²) in [6.07, 6.45) is 8.66. The van der Waals surface area contributed by atoms with Gasteiger partial charge in [0, 0.05) is 13.0 Å². The summed E-state index contributed by atoms with van der Waals surface area (Å²) >= 11 is 0. The molecule has 0 saturated heterocycles. The second-order valence-electron chi connectivity index (χ2n) is 5.81. The number of rotatable bonds is 10. The van der Waals surface area contributed by atoms with Gasteiger partial charge in [-0.15, -0.1) is 0 Å². The van der Waals surface area contributed by atoms with Crippen molar-refractivity contribution in [2.45, 2.75) is 58.3 Å². The van der Waals surface area contributed by atoms with E-state index >= 15 is 0 Å². The summed E-state index contributed by atoms with van der Waals surface area (Å²) in [4.78, 5) is 11.1. The Morgan fingerprint density at radius 2 is 1.95 bits per heavy atom. The van der Waals surface area contributed by atoms with E-state index in [0.717, 1.165) is 32.4 Å². The SMILES string of the molecule is CCOC(=O)CCCCCNCC1CCCCC1CO. The first-order valence-electron chi connectivity index (χ1n) is 8.25. The highest BCUT2D eigenvalue weighted by Gasteiger charge is 2.23. The van der Waals surface area contributed by atoms with Crippen LogP contribution in [0.1, 0.15) is 58.3 Å². The van der Waals surface area contributed by atoms with Crippen LogP contribution >= 0.6 is 0 Å². The number of aliphatic hydroxyl groups is 1. The van der Waals surface area contributed by atoms with Crippen LogP contribution in [0.3, 0.4) is 0 Å². The topological polar surface area (TPSA) is 58.6 Å². The lowest BCUT2D eigenvalue weighted by Crippen LogP contribution is -2.32. The summed E-state index contributed by atoms with van der Waals surface area (Å²) in [6.45, 7) is 4.70. The Labute approximate surface area is 123 Å². The minimum absolute atomic E-state index is 0.0755. The van der Waals surface area contributed by atoms with Crippen molar-refractivity contribution < 1.29 is 14.6 Å². The predicted octanol–water partition coefficient (Wildman–Crippen LogP) is 2.50. The van der Waals surface area contributed by atoms with E-state index in [1.165, 1.54) is 25.7 Å². The molecule has 1 aliphatic rings. The Morgan fingerprint density at radius 3 is 2.65 bits per heavy atom. The predicted molar refractivity (Wildman–Crippen MR) is 80.5 cm³/mol. The molecule has 1 fully saturated rings. The number of hydrogen-bond acceptors (Lipinski definition) is 4. The summed E-state index contributed by atoms with van der Waals surface area (Å²) in [7, 11) is 0. The largest absolute Gasteiger partial charge is 0.466 e. The van der Waals surface area contributed by atoms with Crippen molar-refractivity contribution in [1.29, 1.82) is 0 Å². The molecule has 0 aromatic heterocycles. The third-order valence-electron chi connectivity index (χ3n) is 4.25. The van der Waals surface area contributed by atoms with Gasteiger partial charge >= 0.3 is 5.97 Å². The van der Waals surface area contributed by atoms with E-state index in [-0.39, 0.29) is 5.97 Å². The van der Waals surface area contributed by atoms with Gasteiger partial charge in [-0.1, -0.05) is 19.3 Å². The molecule has 0 radical (unpaired) electrons. The lowest BCUT2D eigenvalue weighted by atomic mass is 9.79. The highest BCUT2D eigenvalue weighted by Crippen LogP contribution is 2.28. The first kappa shape index (κ1) is 17.4. The smallest absolute Gasteiger partial charge is 0.305 e. The zero-order valence-corrected chi connectivity index (χ0v) is 12.9. The third kappa shape index (κ3) is 7.25. The first-order chi connectivity index (χ1) is 9.77. The van der Waals surface area contributed by atoms with Crippen molar-refractivity contribution in [1.82, 2.24) is 5.32 Å². The maximum atomic E-state index is 11.1. The van der Waals surface area contributed by atoms with Crippen molar-refractivity contribution in [3.8, 4) is 0 Å². The molecular weight excluding hydrogens is 254 g/mol. The molecule has 1 aliphatic carbocycles. The summed E-state index contributed by atoms with van der Waals surface area (Å²) < 4.78 is 4.89. The zero-order valence-electron chi connectivity index (χ0n) is 12.9. The molecule has 0 spiro atoms. The molecule has 0 aliphatic heterocycles. The van der Waals surface area contributed by atoms with Gasteiger partial charge in [0.2, 0.25) is 0 Å². The minimum atomic E-state index is -0.0755. The van der Waals surface area contributed by atoms with Crippen LogP contribution in [-0.4, -0.2) is 37.4 Å². The molecule has 0 bridgehead atoms. The van der Waals surface area contributed by atoms with E-state index in [2.05, 4.69) is 5.32 Å². The molecule has 2 unspecified atom stereocenters. The summed E-state index contributed by atoms with van der Waals surface area (Å²) in [5, 5.41) is 12.9. The van der Waals surface area contributed by atoms with E-state index in [1.54, 1.807) is 0 Å². The summed E-state index contributed by atoms with van der Waals surface area (Å²) in [5.74, 6) is 1.07. The quantitative estimate of drug-likeness (QED) is 0.478. The van der Waals surface area contributed by atoms with Crippen LogP contribution in [0.2, 0.25) is 0 Å². The number of esters is 1. The van der Waals surface area contributed by atoms with Gasteiger partial charge in [0.15, 0.2) is 0 Å². The fourth-order valence-electron chi connectivity index (χ4n) is 3.01. The Balaban J connectivity index is 1.95. The van der Waals surface area contributed by atoms with Crippen LogP contribution in [0.15, 0.2) is 0 Å². The van der Waals surface area contributed by atoms with Crippen molar-refractivity contribution in [2.75, 3.05) is 26.3 Å². The highest BCUT2D eigenvalue weighted by molar-refractivity contribution is 5.69. The molecule has 2 atom stereocenters. The van der Waals surface area contributed by atoms with Gasteiger partial charge in [0.1, 0.15) is 0 Å². The molecule has 20 heavy (non-hydrogen) atoms. The molecule has 0 heterocycles. The van der Waals surface area contributed by atoms with Crippen LogP contribution in [-0.2, 0) is 9.53 Å². The lowest BCUT2D eigenvalue weighted by molar-refractivity contribution is -0.143. The molecule has 4 heteroatoms. The monoisotopic (exact) mass is 285 g/mol. The van der Waals surface area contributed by atoms with Crippen LogP contribution < -0.4 is 5.32 Å². The zero-order chi connectivity index (χ0) is 14.6. The van der Waals surface area contributed by atoms with Crippen LogP contribution in [0.25, 0.3) is 0 Å². The van der Waals surface area contributed by atoms with Gasteiger partial charge in [-0.25, -0.2) is 0 Å². The van der Waals surface area contributed by atoms with Gasteiger partial charge in [0.05, 0.1) is 6.61 Å². The summed E-state index contributed by atoms with van der Waals surface area (Å²) in [5.41, 5.74) is 0. The number of unbranched alkanes of at least 4 members (excludes halogenated alkanes) is 2. The maximum Gasteiger partial charge on any atom is 0.305 e. The van der Waals surface area contributed by atoms with E-state index in [4.69, 9.17) is 4.74 Å². The standard InChI is InChI=1S/C16H31NO3/c1-2-20-16(19)10-4-3-7-11-17-12-14-8-5-6-9-15(14)13-18/h14-15,17-18H,2-13H2,1H3. The number of carbonyl (C=O) groups excluding carboxylic acids is 1. The molecule has 1 rings (SSSR count). The van der Waals surface area contributed by atoms with Gasteiger partial charge < -0.3 is 15.2 Å². The normalized spacial score (nSPS) is 22.7. The average molecular weight is 285 g/mol. The third-order valence-corrected chi connectivity index (χ3v) is 4.25. The van der Waals surface area contributed by atoms with Crippen LogP contribution in [0.4, 0.5) is 0 Å². The van der Waals surface area contributed by atoms with Crippen molar-refractivity contribution in [3.05, 3.63) is 0 Å². The van der Waals surface area contributed by atoms with Crippen LogP contribution in [0, 0.1) is 11.8 Å². The Bertz CT molecular complexity index is 258. The Morgan fingerprint density at radius 1 is 1.20 bits per heavy atom. The molecule has 4 nitrogen and oxygen atoms in total. The number of aliphatic hydroxyl groups excluding tert-OH is 1. The molecule has 0 amide bonds. The van der Waals surface area contributed by atoms with Gasteiger partial charge in [-0.05, 0) is 57.5 Å². The van der Waals surface area contributed by atoms with Gasteiger partial charge in [-0.2, -0.15) is 0 Å². The summed E-state index contributed by atoms with van der Waals surface area (Å²) in [6, 6.07) is 0. The minimum Gasteiger partial charge on any atom is -0.466 e. The van der Waals surface area contributed by atoms with E-state index < -0.39 is 0 Å². The number of nitrogens with one attached hydrogen (secondary N) is 1. The molecular formula is C16H31NO3. The molecule has 0 aromatic carbocycles. The van der Waals surface area contributed by atoms with Crippen molar-refractivity contribution >= 4 is 5.97 Å². The van der Waals surface area contributed by atoms with Crippen LogP contribution in [0.5, 0.6) is 0 Å². The Kier molecular flexibility index (Phi) is 9.67. The lowest BCUT2D eigenvalue weighted by Gasteiger charge is -2.30. The second-order valence-corrected chi connectivity index (χ2v) is 5.81. The van der Waals surface area contributed by atoms with Gasteiger partial charge in [-0.3, -0.25) is 4.79 Å². The van der Waals surface area contributed by atoms with E-state index in [0.29, 0.717) is 31.5 Å². The molecule has 0 aromatic rings. The fraction of sp³-hybridized carbons (Fsp3) is 0.938. The molecule has 118 valence electrons. The maximum absolute atomic E-state index is 11.1. The number of carbonyl (C=O) groups is 1. The second kappa shape index (κ2) is 11.1. The highest BCUT2D eigenvalue weighted by atomic mass is 16.5. The number of ether oxygens (including phenoxy) is 1. The van der Waals surface area contributed by atoms with Crippen molar-refractivity contribution in [3.63, 3.8) is 0 Å². The molecule has 2 N–H and O–H groups in total. The first-order valence-corrected chi connectivity index (χ1v) is 8.25. The molecule has 1 saturated carbocycles. The van der Waals surface area contributed by atoms with Gasteiger partial charge in [0.25, 0.3) is 0 Å². The van der Waals surface area contributed by atoms with E-state index in [9.17, 15) is 9.90 Å².